The fraction of sp³-hybridized carbons (Fsp3) is 0.294. The standard InChI is InChI=1S/C17H16ClNO4/c18-14-5-3-12(4-6-14)11-23-17(21)13-8-16(20)19(9-13)10-15-2-1-7-22-15/h1-7,13H,8-11H2. The van der Waals surface area contributed by atoms with Crippen molar-refractivity contribution in [3.05, 3.63) is 59.0 Å². The van der Waals surface area contributed by atoms with Gasteiger partial charge in [0.1, 0.15) is 12.4 Å². The molecule has 23 heavy (non-hydrogen) atoms. The molecule has 1 aliphatic heterocycles. The smallest absolute Gasteiger partial charge is 0.311 e. The molecule has 2 heterocycles. The quantitative estimate of drug-likeness (QED) is 0.789. The van der Waals surface area contributed by atoms with Gasteiger partial charge in [0.05, 0.1) is 18.7 Å². The summed E-state index contributed by atoms with van der Waals surface area (Å²) in [5, 5.41) is 0.634. The molecule has 6 heteroatoms. The van der Waals surface area contributed by atoms with E-state index >= 15 is 0 Å². The fourth-order valence-corrected chi connectivity index (χ4v) is 2.65. The summed E-state index contributed by atoms with van der Waals surface area (Å²) in [5.41, 5.74) is 0.861. The molecule has 1 aliphatic rings. The van der Waals surface area contributed by atoms with E-state index < -0.39 is 5.92 Å². The van der Waals surface area contributed by atoms with Crippen molar-refractivity contribution in [3.63, 3.8) is 0 Å². The van der Waals surface area contributed by atoms with E-state index in [-0.39, 0.29) is 24.9 Å². The normalized spacial score (nSPS) is 17.5. The van der Waals surface area contributed by atoms with Gasteiger partial charge in [0, 0.05) is 18.0 Å². The molecule has 0 bridgehead atoms. The second kappa shape index (κ2) is 6.87. The van der Waals surface area contributed by atoms with Crippen molar-refractivity contribution in [2.24, 2.45) is 5.92 Å². The van der Waals surface area contributed by atoms with Gasteiger partial charge >= 0.3 is 5.97 Å². The van der Waals surface area contributed by atoms with Crippen molar-refractivity contribution in [3.8, 4) is 0 Å². The van der Waals surface area contributed by atoms with Crippen molar-refractivity contribution in [1.29, 1.82) is 0 Å². The molecule has 1 fully saturated rings. The first-order valence-electron chi connectivity index (χ1n) is 7.33. The van der Waals surface area contributed by atoms with Gasteiger partial charge in [-0.1, -0.05) is 23.7 Å². The van der Waals surface area contributed by atoms with Crippen molar-refractivity contribution in [2.45, 2.75) is 19.6 Å². The first-order valence-corrected chi connectivity index (χ1v) is 7.71. The molecule has 1 unspecified atom stereocenters. The third-order valence-corrected chi connectivity index (χ3v) is 4.02. The minimum Gasteiger partial charge on any atom is -0.467 e. The molecular formula is C17H16ClNO4. The molecular weight excluding hydrogens is 318 g/mol. The first kappa shape index (κ1) is 15.6. The number of rotatable bonds is 5. The van der Waals surface area contributed by atoms with E-state index in [0.717, 1.165) is 5.56 Å². The van der Waals surface area contributed by atoms with Crippen LogP contribution in [0.25, 0.3) is 0 Å². The summed E-state index contributed by atoms with van der Waals surface area (Å²) in [6.45, 7) is 0.921. The van der Waals surface area contributed by atoms with E-state index in [1.165, 1.54) is 0 Å². The maximum atomic E-state index is 12.1. The van der Waals surface area contributed by atoms with Crippen molar-refractivity contribution >= 4 is 23.5 Å². The molecule has 5 nitrogen and oxygen atoms in total. The SMILES string of the molecule is O=C(OCc1ccc(Cl)cc1)C1CC(=O)N(Cc2ccco2)C1. The van der Waals surface area contributed by atoms with Gasteiger partial charge in [-0.3, -0.25) is 9.59 Å². The second-order valence-corrected chi connectivity index (χ2v) is 5.93. The van der Waals surface area contributed by atoms with Gasteiger partial charge in [0.2, 0.25) is 5.91 Å². The maximum Gasteiger partial charge on any atom is 0.311 e. The molecule has 3 rings (SSSR count). The lowest BCUT2D eigenvalue weighted by atomic mass is 10.1. The molecule has 0 aliphatic carbocycles. The summed E-state index contributed by atoms with van der Waals surface area (Å²) in [6.07, 6.45) is 1.74. The molecule has 1 saturated heterocycles. The zero-order valence-electron chi connectivity index (χ0n) is 12.4. The highest BCUT2D eigenvalue weighted by molar-refractivity contribution is 6.30. The van der Waals surface area contributed by atoms with E-state index in [1.54, 1.807) is 47.6 Å². The number of benzene rings is 1. The predicted octanol–water partition coefficient (Wildman–Crippen LogP) is 3.02. The number of carbonyl (C=O) groups is 2. The Morgan fingerprint density at radius 3 is 2.78 bits per heavy atom. The lowest BCUT2D eigenvalue weighted by Crippen LogP contribution is -2.26. The highest BCUT2D eigenvalue weighted by Crippen LogP contribution is 2.22. The molecule has 0 spiro atoms. The number of esters is 1. The van der Waals surface area contributed by atoms with Crippen molar-refractivity contribution in [2.75, 3.05) is 6.54 Å². The van der Waals surface area contributed by atoms with Gasteiger partial charge in [0.25, 0.3) is 0 Å². The number of hydrogen-bond acceptors (Lipinski definition) is 4. The van der Waals surface area contributed by atoms with E-state index in [1.807, 2.05) is 0 Å². The maximum absolute atomic E-state index is 12.1. The van der Waals surface area contributed by atoms with Crippen LogP contribution in [0.1, 0.15) is 17.7 Å². The Kier molecular flexibility index (Phi) is 4.67. The molecule has 1 atom stereocenters. The monoisotopic (exact) mass is 333 g/mol. The highest BCUT2D eigenvalue weighted by atomic mass is 35.5. The number of hydrogen-bond donors (Lipinski definition) is 0. The molecule has 1 aromatic heterocycles. The van der Waals surface area contributed by atoms with Crippen LogP contribution >= 0.6 is 11.6 Å². The van der Waals surface area contributed by atoms with E-state index in [0.29, 0.717) is 23.9 Å². The minimum atomic E-state index is -0.426. The fourth-order valence-electron chi connectivity index (χ4n) is 2.53. The van der Waals surface area contributed by atoms with Crippen molar-refractivity contribution < 1.29 is 18.7 Å². The number of ether oxygens (including phenoxy) is 1. The van der Waals surface area contributed by atoms with E-state index in [4.69, 9.17) is 20.8 Å². The predicted molar refractivity (Wildman–Crippen MR) is 83.5 cm³/mol. The van der Waals surface area contributed by atoms with E-state index in [9.17, 15) is 9.59 Å². The number of furan rings is 1. The molecule has 0 radical (unpaired) electrons. The van der Waals surface area contributed by atoms with Crippen LogP contribution in [0.5, 0.6) is 0 Å². The van der Waals surface area contributed by atoms with Crippen LogP contribution in [0.3, 0.4) is 0 Å². The molecule has 1 amide bonds. The number of nitrogens with zero attached hydrogens (tertiary/aromatic N) is 1. The first-order chi connectivity index (χ1) is 11.1. The number of halogens is 1. The van der Waals surface area contributed by atoms with Crippen LogP contribution in [0.4, 0.5) is 0 Å². The lowest BCUT2D eigenvalue weighted by Gasteiger charge is -2.14. The molecule has 2 aromatic rings. The average molecular weight is 334 g/mol. The zero-order chi connectivity index (χ0) is 16.2. The van der Waals surface area contributed by atoms with Crippen LogP contribution in [0.15, 0.2) is 47.1 Å². The van der Waals surface area contributed by atoms with Gasteiger partial charge in [-0.25, -0.2) is 0 Å². The molecule has 1 aromatic carbocycles. The Labute approximate surface area is 138 Å². The number of carbonyl (C=O) groups excluding carboxylic acids is 2. The largest absolute Gasteiger partial charge is 0.467 e. The third kappa shape index (κ3) is 3.93. The minimum absolute atomic E-state index is 0.0603. The Morgan fingerprint density at radius 2 is 2.09 bits per heavy atom. The Hall–Kier alpha value is -2.27. The molecule has 0 N–H and O–H groups in total. The average Bonchev–Trinajstić information content (AvgIpc) is 3.17. The molecule has 0 saturated carbocycles. The summed E-state index contributed by atoms with van der Waals surface area (Å²) in [6, 6.07) is 10.7. The summed E-state index contributed by atoms with van der Waals surface area (Å²) in [4.78, 5) is 25.7. The van der Waals surface area contributed by atoms with Crippen LogP contribution in [-0.4, -0.2) is 23.3 Å². The van der Waals surface area contributed by atoms with Gasteiger partial charge in [-0.2, -0.15) is 0 Å². The summed E-state index contributed by atoms with van der Waals surface area (Å²) in [7, 11) is 0. The highest BCUT2D eigenvalue weighted by Gasteiger charge is 2.35. The van der Waals surface area contributed by atoms with Crippen LogP contribution < -0.4 is 0 Å². The molecule has 120 valence electrons. The van der Waals surface area contributed by atoms with Gasteiger partial charge in [0.15, 0.2) is 0 Å². The van der Waals surface area contributed by atoms with Crippen molar-refractivity contribution in [1.82, 2.24) is 4.90 Å². The topological polar surface area (TPSA) is 59.8 Å². The number of likely N-dealkylation sites (tertiary alicyclic amines) is 1. The van der Waals surface area contributed by atoms with Crippen LogP contribution in [0, 0.1) is 5.92 Å². The second-order valence-electron chi connectivity index (χ2n) is 5.49. The summed E-state index contributed by atoms with van der Waals surface area (Å²) >= 11 is 5.81. The Morgan fingerprint density at radius 1 is 1.30 bits per heavy atom. The van der Waals surface area contributed by atoms with E-state index in [2.05, 4.69) is 0 Å². The van der Waals surface area contributed by atoms with Gasteiger partial charge < -0.3 is 14.1 Å². The summed E-state index contributed by atoms with van der Waals surface area (Å²) < 4.78 is 10.5. The van der Waals surface area contributed by atoms with Gasteiger partial charge in [-0.05, 0) is 29.8 Å². The van der Waals surface area contributed by atoms with Crippen LogP contribution in [-0.2, 0) is 27.5 Å². The Bertz CT molecular complexity index is 681. The zero-order valence-corrected chi connectivity index (χ0v) is 13.2. The lowest BCUT2D eigenvalue weighted by molar-refractivity contribution is -0.149. The number of amides is 1. The van der Waals surface area contributed by atoms with Crippen LogP contribution in [0.2, 0.25) is 5.02 Å². The van der Waals surface area contributed by atoms with Gasteiger partial charge in [-0.15, -0.1) is 0 Å². The summed E-state index contributed by atoms with van der Waals surface area (Å²) in [5.74, 6) is -0.136. The third-order valence-electron chi connectivity index (χ3n) is 3.77. The Balaban J connectivity index is 1.52.